The summed E-state index contributed by atoms with van der Waals surface area (Å²) in [7, 11) is 0. The molecule has 0 fully saturated rings. The molecule has 7 heteroatoms. The van der Waals surface area contributed by atoms with E-state index < -0.39 is 6.04 Å². The third-order valence-corrected chi connectivity index (χ3v) is 4.31. The molecule has 2 rings (SSSR count). The van der Waals surface area contributed by atoms with Crippen LogP contribution in [0.3, 0.4) is 0 Å². The van der Waals surface area contributed by atoms with Crippen molar-refractivity contribution >= 4 is 34.9 Å². The highest BCUT2D eigenvalue weighted by atomic mass is 35.5. The molecular weight excluding hydrogens is 364 g/mol. The Hall–Kier alpha value is -2.57. The van der Waals surface area contributed by atoms with Crippen LogP contribution in [0.25, 0.3) is 0 Å². The minimum atomic E-state index is -0.624. The summed E-state index contributed by atoms with van der Waals surface area (Å²) >= 11 is 6.02. The van der Waals surface area contributed by atoms with Gasteiger partial charge in [0, 0.05) is 12.2 Å². The smallest absolute Gasteiger partial charge is 0.319 e. The molecule has 6 nitrogen and oxygen atoms in total. The minimum absolute atomic E-state index is 0.246. The maximum Gasteiger partial charge on any atom is 0.319 e. The number of amides is 3. The minimum Gasteiger partial charge on any atom is -0.334 e. The van der Waals surface area contributed by atoms with E-state index in [1.54, 1.807) is 42.5 Å². The normalized spacial score (nSPS) is 12.2. The van der Waals surface area contributed by atoms with E-state index >= 15 is 0 Å². The summed E-state index contributed by atoms with van der Waals surface area (Å²) in [6, 6.07) is 13.2. The number of carbonyl (C=O) groups is 2. The van der Waals surface area contributed by atoms with Gasteiger partial charge in [-0.05, 0) is 35.2 Å². The number of rotatable bonds is 5. The predicted molar refractivity (Wildman–Crippen MR) is 110 cm³/mol. The molecule has 5 N–H and O–H groups in total. The molecule has 0 saturated heterocycles. The summed E-state index contributed by atoms with van der Waals surface area (Å²) in [5, 5.41) is 8.73. The Bertz CT molecular complexity index is 818. The summed E-state index contributed by atoms with van der Waals surface area (Å²) in [4.78, 5) is 24.3. The summed E-state index contributed by atoms with van der Waals surface area (Å²) in [6.07, 6.45) is 0. The predicted octanol–water partition coefficient (Wildman–Crippen LogP) is 3.97. The van der Waals surface area contributed by atoms with E-state index in [9.17, 15) is 9.59 Å². The molecule has 0 unspecified atom stereocenters. The van der Waals surface area contributed by atoms with E-state index in [1.807, 2.05) is 26.8 Å². The highest BCUT2D eigenvalue weighted by molar-refractivity contribution is 6.33. The molecule has 144 valence electrons. The first-order valence-corrected chi connectivity index (χ1v) is 8.99. The van der Waals surface area contributed by atoms with Crippen molar-refractivity contribution in [1.82, 2.24) is 5.32 Å². The van der Waals surface area contributed by atoms with Crippen LogP contribution in [0.4, 0.5) is 16.2 Å². The van der Waals surface area contributed by atoms with Crippen LogP contribution in [-0.4, -0.2) is 18.0 Å². The van der Waals surface area contributed by atoms with Crippen molar-refractivity contribution in [3.63, 3.8) is 0 Å². The number of benzene rings is 2. The van der Waals surface area contributed by atoms with Crippen LogP contribution in [0.2, 0.25) is 5.02 Å². The zero-order chi connectivity index (χ0) is 20.0. The molecule has 1 atom stereocenters. The average Bonchev–Trinajstić information content (AvgIpc) is 2.61. The van der Waals surface area contributed by atoms with E-state index in [1.165, 1.54) is 0 Å². The lowest BCUT2D eigenvalue weighted by Crippen LogP contribution is -2.45. The van der Waals surface area contributed by atoms with Gasteiger partial charge in [-0.15, -0.1) is 0 Å². The fourth-order valence-electron chi connectivity index (χ4n) is 2.28. The van der Waals surface area contributed by atoms with Gasteiger partial charge in [-0.2, -0.15) is 0 Å². The molecule has 0 aliphatic carbocycles. The van der Waals surface area contributed by atoms with E-state index in [-0.39, 0.29) is 17.4 Å². The van der Waals surface area contributed by atoms with Gasteiger partial charge in [0.05, 0.1) is 16.8 Å². The molecule has 0 aliphatic heterocycles. The molecule has 27 heavy (non-hydrogen) atoms. The molecule has 2 aromatic rings. The summed E-state index contributed by atoms with van der Waals surface area (Å²) in [6.45, 7) is 6.03. The van der Waals surface area contributed by atoms with Crippen LogP contribution in [0.15, 0.2) is 48.5 Å². The Kier molecular flexibility index (Phi) is 6.82. The van der Waals surface area contributed by atoms with E-state index in [0.29, 0.717) is 22.9 Å². The Morgan fingerprint density at radius 2 is 1.78 bits per heavy atom. The SMILES string of the molecule is CC(C)(C)[C@H](N)C(=O)Nc1cccc(CNC(=O)Nc2ccccc2Cl)c1. The molecule has 2 aromatic carbocycles. The van der Waals surface area contributed by atoms with Crippen LogP contribution in [-0.2, 0) is 11.3 Å². The average molecular weight is 389 g/mol. The number of hydrogen-bond donors (Lipinski definition) is 4. The number of para-hydroxylation sites is 1. The van der Waals surface area contributed by atoms with E-state index in [0.717, 1.165) is 5.56 Å². The van der Waals surface area contributed by atoms with Gasteiger partial charge in [0.15, 0.2) is 0 Å². The largest absolute Gasteiger partial charge is 0.334 e. The second-order valence-electron chi connectivity index (χ2n) is 7.32. The Morgan fingerprint density at radius 3 is 2.44 bits per heavy atom. The fraction of sp³-hybridized carbons (Fsp3) is 0.300. The number of anilines is 2. The molecule has 0 heterocycles. The topological polar surface area (TPSA) is 96.2 Å². The van der Waals surface area contributed by atoms with Crippen molar-refractivity contribution in [1.29, 1.82) is 0 Å². The van der Waals surface area contributed by atoms with Crippen molar-refractivity contribution in [2.75, 3.05) is 10.6 Å². The van der Waals surface area contributed by atoms with Gasteiger partial charge in [-0.1, -0.05) is 56.6 Å². The summed E-state index contributed by atoms with van der Waals surface area (Å²) in [5.74, 6) is -0.246. The van der Waals surface area contributed by atoms with Crippen molar-refractivity contribution in [3.05, 3.63) is 59.1 Å². The number of nitrogens with two attached hydrogens (primary N) is 1. The van der Waals surface area contributed by atoms with Crippen LogP contribution < -0.4 is 21.7 Å². The molecule has 0 aromatic heterocycles. The van der Waals surface area contributed by atoms with Gasteiger partial charge in [0.25, 0.3) is 0 Å². The highest BCUT2D eigenvalue weighted by Gasteiger charge is 2.27. The molecule has 0 aliphatic rings. The van der Waals surface area contributed by atoms with Crippen molar-refractivity contribution in [2.24, 2.45) is 11.1 Å². The Balaban J connectivity index is 1.93. The van der Waals surface area contributed by atoms with Gasteiger partial charge in [-0.25, -0.2) is 4.79 Å². The molecular formula is C20H25ClN4O2. The van der Waals surface area contributed by atoms with E-state index in [4.69, 9.17) is 17.3 Å². The monoisotopic (exact) mass is 388 g/mol. The van der Waals surface area contributed by atoms with Gasteiger partial charge in [0.2, 0.25) is 5.91 Å². The molecule has 0 radical (unpaired) electrons. The lowest BCUT2D eigenvalue weighted by molar-refractivity contribution is -0.119. The van der Waals surface area contributed by atoms with Crippen molar-refractivity contribution in [2.45, 2.75) is 33.4 Å². The molecule has 0 bridgehead atoms. The van der Waals surface area contributed by atoms with Crippen LogP contribution in [0.1, 0.15) is 26.3 Å². The standard InChI is InChI=1S/C20H25ClN4O2/c1-20(2,3)17(22)18(26)24-14-8-6-7-13(11-14)12-23-19(27)25-16-10-5-4-9-15(16)21/h4-11,17H,12,22H2,1-3H3,(H,24,26)(H2,23,25,27)/t17-/m1/s1. The maximum atomic E-state index is 12.2. The van der Waals surface area contributed by atoms with Gasteiger partial charge < -0.3 is 21.7 Å². The quantitative estimate of drug-likeness (QED) is 0.623. The van der Waals surface area contributed by atoms with Crippen LogP contribution >= 0.6 is 11.6 Å². The molecule has 0 saturated carbocycles. The first-order chi connectivity index (χ1) is 12.7. The van der Waals surface area contributed by atoms with Crippen LogP contribution in [0, 0.1) is 5.41 Å². The fourth-order valence-corrected chi connectivity index (χ4v) is 2.47. The lowest BCUT2D eigenvalue weighted by atomic mass is 9.87. The Labute approximate surface area is 164 Å². The maximum absolute atomic E-state index is 12.2. The summed E-state index contributed by atoms with van der Waals surface area (Å²) in [5.41, 5.74) is 7.65. The lowest BCUT2D eigenvalue weighted by Gasteiger charge is -2.25. The molecule has 0 spiro atoms. The second-order valence-corrected chi connectivity index (χ2v) is 7.73. The number of carbonyl (C=O) groups excluding carboxylic acids is 2. The third-order valence-electron chi connectivity index (χ3n) is 3.99. The second kappa shape index (κ2) is 8.88. The first kappa shape index (κ1) is 20.7. The van der Waals surface area contributed by atoms with Gasteiger partial charge in [0.1, 0.15) is 0 Å². The van der Waals surface area contributed by atoms with Crippen molar-refractivity contribution in [3.8, 4) is 0 Å². The third kappa shape index (κ3) is 6.27. The van der Waals surface area contributed by atoms with Crippen LogP contribution in [0.5, 0.6) is 0 Å². The number of nitrogens with one attached hydrogen (secondary N) is 3. The number of urea groups is 1. The molecule has 3 amide bonds. The Morgan fingerprint density at radius 1 is 1.07 bits per heavy atom. The highest BCUT2D eigenvalue weighted by Crippen LogP contribution is 2.21. The number of halogens is 1. The number of hydrogen-bond acceptors (Lipinski definition) is 3. The van der Waals surface area contributed by atoms with Gasteiger partial charge in [-0.3, -0.25) is 4.79 Å². The van der Waals surface area contributed by atoms with E-state index in [2.05, 4.69) is 16.0 Å². The first-order valence-electron chi connectivity index (χ1n) is 8.61. The summed E-state index contributed by atoms with van der Waals surface area (Å²) < 4.78 is 0. The van der Waals surface area contributed by atoms with Crippen molar-refractivity contribution < 1.29 is 9.59 Å². The van der Waals surface area contributed by atoms with Gasteiger partial charge >= 0.3 is 6.03 Å². The zero-order valence-corrected chi connectivity index (χ0v) is 16.4. The zero-order valence-electron chi connectivity index (χ0n) is 15.7.